The van der Waals surface area contributed by atoms with Crippen molar-refractivity contribution < 1.29 is 4.74 Å². The summed E-state index contributed by atoms with van der Waals surface area (Å²) in [4.78, 5) is 9.39. The summed E-state index contributed by atoms with van der Waals surface area (Å²) in [7, 11) is 0. The third-order valence-electron chi connectivity index (χ3n) is 4.62. The molecule has 3 aromatic rings. The fraction of sp³-hybridized carbons (Fsp3) is 0.500. The van der Waals surface area contributed by atoms with Crippen molar-refractivity contribution in [2.45, 2.75) is 46.1 Å². The van der Waals surface area contributed by atoms with Gasteiger partial charge < -0.3 is 10.1 Å². The Labute approximate surface area is 141 Å². The number of nitrogens with zero attached hydrogens (tertiary/aromatic N) is 4. The number of fused-ring (bicyclic) bond motifs is 3. The van der Waals surface area contributed by atoms with Crippen molar-refractivity contribution in [3.8, 4) is 0 Å². The maximum atomic E-state index is 5.72. The van der Waals surface area contributed by atoms with Crippen LogP contribution in [0.25, 0.3) is 16.7 Å². The third kappa shape index (κ3) is 2.60. The van der Waals surface area contributed by atoms with Gasteiger partial charge in [-0.2, -0.15) is 4.52 Å². The minimum Gasteiger partial charge on any atom is -0.376 e. The molecule has 0 bridgehead atoms. The highest BCUT2D eigenvalue weighted by Crippen LogP contribution is 2.25. The van der Waals surface area contributed by atoms with Gasteiger partial charge in [0.15, 0.2) is 11.3 Å². The number of hydrogen-bond donors (Lipinski definition) is 1. The van der Waals surface area contributed by atoms with E-state index in [0.717, 1.165) is 66.3 Å². The standard InChI is InChI=1S/C18H23N5O/c1-4-13-9-15(19-10-14-6-5-7-24-14)23-18(21-13)16-11(2)8-12(3)20-17(16)22-23/h8-9,14,19H,4-7,10H2,1-3H3. The van der Waals surface area contributed by atoms with Crippen LogP contribution in [0.15, 0.2) is 12.1 Å². The van der Waals surface area contributed by atoms with Crippen LogP contribution in [-0.2, 0) is 11.2 Å². The van der Waals surface area contributed by atoms with Crippen molar-refractivity contribution in [1.29, 1.82) is 0 Å². The lowest BCUT2D eigenvalue weighted by Crippen LogP contribution is -2.20. The molecule has 1 saturated heterocycles. The monoisotopic (exact) mass is 325 g/mol. The average Bonchev–Trinajstić information content (AvgIpc) is 3.19. The van der Waals surface area contributed by atoms with E-state index in [9.17, 15) is 0 Å². The Kier molecular flexibility index (Phi) is 3.84. The maximum Gasteiger partial charge on any atom is 0.184 e. The van der Waals surface area contributed by atoms with Crippen molar-refractivity contribution in [2.75, 3.05) is 18.5 Å². The summed E-state index contributed by atoms with van der Waals surface area (Å²) in [5.74, 6) is 0.961. The lowest BCUT2D eigenvalue weighted by Gasteiger charge is -2.13. The van der Waals surface area contributed by atoms with Gasteiger partial charge in [0.1, 0.15) is 5.82 Å². The minimum atomic E-state index is 0.283. The molecule has 4 rings (SSSR count). The van der Waals surface area contributed by atoms with Crippen LogP contribution in [0.4, 0.5) is 5.82 Å². The molecule has 3 aromatic heterocycles. The highest BCUT2D eigenvalue weighted by molar-refractivity contribution is 5.93. The molecule has 0 amide bonds. The van der Waals surface area contributed by atoms with Crippen molar-refractivity contribution >= 4 is 22.5 Å². The van der Waals surface area contributed by atoms with Gasteiger partial charge in [-0.15, -0.1) is 5.10 Å². The van der Waals surface area contributed by atoms with Crippen LogP contribution in [0.3, 0.4) is 0 Å². The molecule has 1 fully saturated rings. The first kappa shape index (κ1) is 15.3. The summed E-state index contributed by atoms with van der Waals surface area (Å²) in [5.41, 5.74) is 4.84. The van der Waals surface area contributed by atoms with Crippen LogP contribution in [0.5, 0.6) is 0 Å². The molecule has 24 heavy (non-hydrogen) atoms. The van der Waals surface area contributed by atoms with Gasteiger partial charge >= 0.3 is 0 Å². The van der Waals surface area contributed by atoms with Gasteiger partial charge in [-0.3, -0.25) is 0 Å². The Morgan fingerprint density at radius 3 is 2.92 bits per heavy atom. The molecular weight excluding hydrogens is 302 g/mol. The second-order valence-electron chi connectivity index (χ2n) is 6.52. The molecular formula is C18H23N5O. The van der Waals surface area contributed by atoms with E-state index in [-0.39, 0.29) is 6.10 Å². The Morgan fingerprint density at radius 1 is 1.29 bits per heavy atom. The summed E-state index contributed by atoms with van der Waals surface area (Å²) in [6.45, 7) is 7.88. The first-order chi connectivity index (χ1) is 11.7. The van der Waals surface area contributed by atoms with Gasteiger partial charge in [0.2, 0.25) is 0 Å². The summed E-state index contributed by atoms with van der Waals surface area (Å²) in [6.07, 6.45) is 3.43. The predicted octanol–water partition coefficient (Wildman–Crippen LogP) is 3.05. The Hall–Kier alpha value is -2.21. The van der Waals surface area contributed by atoms with Crippen LogP contribution in [0.1, 0.15) is 36.7 Å². The van der Waals surface area contributed by atoms with Gasteiger partial charge in [0, 0.05) is 30.6 Å². The second-order valence-corrected chi connectivity index (χ2v) is 6.52. The van der Waals surface area contributed by atoms with Crippen LogP contribution in [0, 0.1) is 13.8 Å². The van der Waals surface area contributed by atoms with Gasteiger partial charge in [0.05, 0.1) is 11.5 Å². The quantitative estimate of drug-likeness (QED) is 0.799. The topological polar surface area (TPSA) is 64.3 Å². The molecule has 0 aromatic carbocycles. The Balaban J connectivity index is 1.83. The predicted molar refractivity (Wildman–Crippen MR) is 94.6 cm³/mol. The number of nitrogens with one attached hydrogen (secondary N) is 1. The zero-order chi connectivity index (χ0) is 16.7. The number of ether oxygens (including phenoxy) is 1. The van der Waals surface area contributed by atoms with Crippen LogP contribution < -0.4 is 5.32 Å². The smallest absolute Gasteiger partial charge is 0.184 e. The molecule has 6 heteroatoms. The van der Waals surface area contributed by atoms with E-state index in [4.69, 9.17) is 14.8 Å². The minimum absolute atomic E-state index is 0.283. The first-order valence-corrected chi connectivity index (χ1v) is 8.68. The van der Waals surface area contributed by atoms with Crippen molar-refractivity contribution in [3.05, 3.63) is 29.1 Å². The van der Waals surface area contributed by atoms with Crippen LogP contribution in [0.2, 0.25) is 0 Å². The molecule has 1 N–H and O–H groups in total. The molecule has 0 saturated carbocycles. The fourth-order valence-electron chi connectivity index (χ4n) is 3.40. The van der Waals surface area contributed by atoms with Crippen LogP contribution >= 0.6 is 0 Å². The van der Waals surface area contributed by atoms with E-state index < -0.39 is 0 Å². The van der Waals surface area contributed by atoms with Gasteiger partial charge in [-0.25, -0.2) is 9.97 Å². The Morgan fingerprint density at radius 2 is 2.17 bits per heavy atom. The SMILES string of the molecule is CCc1cc(NCC2CCCO2)n2nc3nc(C)cc(C)c3c2n1. The molecule has 0 aliphatic carbocycles. The fourth-order valence-corrected chi connectivity index (χ4v) is 3.40. The second kappa shape index (κ2) is 6.02. The lowest BCUT2D eigenvalue weighted by atomic mass is 10.2. The zero-order valence-electron chi connectivity index (χ0n) is 14.5. The highest BCUT2D eigenvalue weighted by Gasteiger charge is 2.18. The van der Waals surface area contributed by atoms with Gasteiger partial charge in [-0.1, -0.05) is 6.92 Å². The summed E-state index contributed by atoms with van der Waals surface area (Å²) < 4.78 is 7.60. The number of aromatic nitrogens is 4. The van der Waals surface area contributed by atoms with E-state index in [0.29, 0.717) is 0 Å². The summed E-state index contributed by atoms with van der Waals surface area (Å²) in [6, 6.07) is 4.17. The largest absolute Gasteiger partial charge is 0.376 e. The van der Waals surface area contributed by atoms with Crippen molar-refractivity contribution in [1.82, 2.24) is 19.6 Å². The van der Waals surface area contributed by atoms with E-state index >= 15 is 0 Å². The average molecular weight is 325 g/mol. The summed E-state index contributed by atoms with van der Waals surface area (Å²) in [5, 5.41) is 9.24. The number of hydrogen-bond acceptors (Lipinski definition) is 5. The van der Waals surface area contributed by atoms with Crippen molar-refractivity contribution in [3.63, 3.8) is 0 Å². The molecule has 0 spiro atoms. The number of anilines is 1. The molecule has 1 unspecified atom stereocenters. The molecule has 1 aliphatic rings. The normalized spacial score (nSPS) is 17.9. The molecule has 1 aliphatic heterocycles. The number of pyridine rings is 1. The molecule has 1 atom stereocenters. The zero-order valence-corrected chi connectivity index (χ0v) is 14.5. The first-order valence-electron chi connectivity index (χ1n) is 8.68. The number of aryl methyl sites for hydroxylation is 3. The van der Waals surface area contributed by atoms with E-state index in [1.54, 1.807) is 0 Å². The van der Waals surface area contributed by atoms with Gasteiger partial charge in [0.25, 0.3) is 0 Å². The molecule has 0 radical (unpaired) electrons. The molecule has 4 heterocycles. The van der Waals surface area contributed by atoms with E-state index in [2.05, 4.69) is 36.3 Å². The maximum absolute atomic E-state index is 5.72. The summed E-state index contributed by atoms with van der Waals surface area (Å²) >= 11 is 0. The Bertz CT molecular complexity index is 895. The highest BCUT2D eigenvalue weighted by atomic mass is 16.5. The van der Waals surface area contributed by atoms with Crippen LogP contribution in [-0.4, -0.2) is 38.8 Å². The van der Waals surface area contributed by atoms with E-state index in [1.165, 1.54) is 5.56 Å². The van der Waals surface area contributed by atoms with E-state index in [1.807, 2.05) is 11.4 Å². The lowest BCUT2D eigenvalue weighted by molar-refractivity contribution is 0.120. The number of rotatable bonds is 4. The molecule has 6 nitrogen and oxygen atoms in total. The third-order valence-corrected chi connectivity index (χ3v) is 4.62. The molecule has 126 valence electrons. The van der Waals surface area contributed by atoms with Gasteiger partial charge in [-0.05, 0) is 44.7 Å². The van der Waals surface area contributed by atoms with Crippen molar-refractivity contribution in [2.24, 2.45) is 0 Å².